The largest absolute Gasteiger partial charge is 0.457 e. The maximum absolute atomic E-state index is 12.3. The lowest BCUT2D eigenvalue weighted by Crippen LogP contribution is -2.57. The van der Waals surface area contributed by atoms with Crippen molar-refractivity contribution in [2.45, 2.75) is 32.1 Å². The molecule has 1 aliphatic heterocycles. The minimum atomic E-state index is -3.10. The minimum Gasteiger partial charge on any atom is -0.457 e. The second-order valence-electron chi connectivity index (χ2n) is 7.92. The Bertz CT molecular complexity index is 1140. The highest BCUT2D eigenvalue weighted by atomic mass is 32.2. The summed E-state index contributed by atoms with van der Waals surface area (Å²) in [7, 11) is -3.10. The van der Waals surface area contributed by atoms with Crippen LogP contribution in [0.3, 0.4) is 0 Å². The van der Waals surface area contributed by atoms with Gasteiger partial charge >= 0.3 is 0 Å². The maximum Gasteiger partial charge on any atom is 0.194 e. The maximum atomic E-state index is 12.3. The molecule has 1 aromatic carbocycles. The Hall–Kier alpha value is -2.39. The first kappa shape index (κ1) is 20.9. The van der Waals surface area contributed by atoms with Gasteiger partial charge < -0.3 is 14.6 Å². The zero-order valence-corrected chi connectivity index (χ0v) is 19.0. The third-order valence-corrected chi connectivity index (χ3v) is 8.81. The van der Waals surface area contributed by atoms with E-state index in [4.69, 9.17) is 9.41 Å². The van der Waals surface area contributed by atoms with E-state index in [1.807, 2.05) is 48.2 Å². The summed E-state index contributed by atoms with van der Waals surface area (Å²) in [6.45, 7) is 7.47. The zero-order chi connectivity index (χ0) is 21.4. The van der Waals surface area contributed by atoms with Crippen LogP contribution in [0.15, 0.2) is 45.8 Å². The molecule has 30 heavy (non-hydrogen) atoms. The van der Waals surface area contributed by atoms with E-state index >= 15 is 0 Å². The summed E-state index contributed by atoms with van der Waals surface area (Å²) < 4.78 is 30.9. The quantitative estimate of drug-likeness (QED) is 0.487. The third-order valence-electron chi connectivity index (χ3n) is 5.23. The van der Waals surface area contributed by atoms with E-state index in [2.05, 4.69) is 10.3 Å². The standard InChI is InChI=1S/C21H26N4O3S2/c1-4-22-20(25-11-12-30(26,27)21(2,3)14-25)23-13-15-9-10-17(28-15)19-24-16-7-5-6-8-18(16)29-19/h5-10H,4,11-14H2,1-3H3,(H,22,23). The first-order valence-corrected chi connectivity index (χ1v) is 12.5. The van der Waals surface area contributed by atoms with Crippen LogP contribution in [-0.2, 0) is 16.4 Å². The van der Waals surface area contributed by atoms with Crippen molar-refractivity contribution in [1.29, 1.82) is 0 Å². The highest BCUT2D eigenvalue weighted by Crippen LogP contribution is 2.31. The second kappa shape index (κ2) is 8.03. The number of hydrogen-bond donors (Lipinski definition) is 1. The van der Waals surface area contributed by atoms with Gasteiger partial charge in [0.1, 0.15) is 12.3 Å². The number of guanidine groups is 1. The van der Waals surface area contributed by atoms with E-state index in [9.17, 15) is 8.42 Å². The molecule has 0 spiro atoms. The molecule has 7 nitrogen and oxygen atoms in total. The van der Waals surface area contributed by atoms with E-state index < -0.39 is 14.6 Å². The van der Waals surface area contributed by atoms with Crippen LogP contribution < -0.4 is 5.32 Å². The first-order chi connectivity index (χ1) is 14.3. The predicted molar refractivity (Wildman–Crippen MR) is 122 cm³/mol. The summed E-state index contributed by atoms with van der Waals surface area (Å²) in [5.74, 6) is 2.31. The number of furan rings is 1. The third kappa shape index (κ3) is 4.09. The van der Waals surface area contributed by atoms with Gasteiger partial charge in [-0.05, 0) is 45.0 Å². The lowest BCUT2D eigenvalue weighted by molar-refractivity contribution is 0.352. The van der Waals surface area contributed by atoms with Crippen LogP contribution >= 0.6 is 11.3 Å². The highest BCUT2D eigenvalue weighted by molar-refractivity contribution is 7.92. The topological polar surface area (TPSA) is 87.8 Å². The fourth-order valence-corrected chi connectivity index (χ4v) is 5.75. The SMILES string of the molecule is CCNC(=NCc1ccc(-c2nc3ccccc3s2)o1)N1CCS(=O)(=O)C(C)(C)C1. The van der Waals surface area contributed by atoms with E-state index in [1.165, 1.54) is 0 Å². The molecule has 2 aromatic heterocycles. The Kier molecular flexibility index (Phi) is 5.59. The van der Waals surface area contributed by atoms with Crippen LogP contribution in [0.4, 0.5) is 0 Å². The zero-order valence-electron chi connectivity index (χ0n) is 17.4. The van der Waals surface area contributed by atoms with Gasteiger partial charge in [-0.1, -0.05) is 12.1 Å². The number of fused-ring (bicyclic) bond motifs is 1. The molecule has 3 aromatic rings. The van der Waals surface area contributed by atoms with Gasteiger partial charge in [-0.15, -0.1) is 11.3 Å². The molecule has 0 atom stereocenters. The van der Waals surface area contributed by atoms with Crippen LogP contribution in [0.5, 0.6) is 0 Å². The van der Waals surface area contributed by atoms with Crippen molar-refractivity contribution in [3.8, 4) is 10.8 Å². The Morgan fingerprint density at radius 2 is 2.10 bits per heavy atom. The lowest BCUT2D eigenvalue weighted by atomic mass is 10.2. The fraction of sp³-hybridized carbons (Fsp3) is 0.429. The number of sulfone groups is 1. The molecule has 1 N–H and O–H groups in total. The molecule has 0 unspecified atom stereocenters. The minimum absolute atomic E-state index is 0.132. The average Bonchev–Trinajstić information content (AvgIpc) is 3.34. The molecule has 160 valence electrons. The molecular weight excluding hydrogens is 420 g/mol. The number of benzene rings is 1. The number of nitrogens with zero attached hydrogens (tertiary/aromatic N) is 3. The van der Waals surface area contributed by atoms with Crippen LogP contribution in [0.1, 0.15) is 26.5 Å². The Morgan fingerprint density at radius 3 is 2.83 bits per heavy atom. The second-order valence-corrected chi connectivity index (χ2v) is 11.7. The normalized spacial score (nSPS) is 18.6. The Balaban J connectivity index is 1.51. The van der Waals surface area contributed by atoms with Crippen molar-refractivity contribution in [1.82, 2.24) is 15.2 Å². The molecule has 0 amide bonds. The van der Waals surface area contributed by atoms with Crippen molar-refractivity contribution in [2.75, 3.05) is 25.4 Å². The summed E-state index contributed by atoms with van der Waals surface area (Å²) in [6, 6.07) is 11.9. The molecule has 1 saturated heterocycles. The van der Waals surface area contributed by atoms with Gasteiger partial charge in [-0.3, -0.25) is 0 Å². The van der Waals surface area contributed by atoms with Gasteiger partial charge in [0, 0.05) is 19.6 Å². The highest BCUT2D eigenvalue weighted by Gasteiger charge is 2.40. The Morgan fingerprint density at radius 1 is 1.30 bits per heavy atom. The lowest BCUT2D eigenvalue weighted by Gasteiger charge is -2.39. The van der Waals surface area contributed by atoms with Gasteiger partial charge in [0.2, 0.25) is 0 Å². The molecule has 1 fully saturated rings. The molecule has 4 rings (SSSR count). The fourth-order valence-electron chi connectivity index (χ4n) is 3.46. The number of aromatic nitrogens is 1. The molecule has 1 aliphatic rings. The van der Waals surface area contributed by atoms with E-state index in [0.29, 0.717) is 32.1 Å². The van der Waals surface area contributed by atoms with Crippen molar-refractivity contribution in [3.63, 3.8) is 0 Å². The molecule has 0 bridgehead atoms. The smallest absolute Gasteiger partial charge is 0.194 e. The number of nitrogens with one attached hydrogen (secondary N) is 1. The van der Waals surface area contributed by atoms with Crippen LogP contribution in [0.2, 0.25) is 0 Å². The number of aliphatic imine (C=N–C) groups is 1. The van der Waals surface area contributed by atoms with Crippen molar-refractivity contribution >= 4 is 37.4 Å². The summed E-state index contributed by atoms with van der Waals surface area (Å²) in [5, 5.41) is 4.12. The number of para-hydroxylation sites is 1. The molecule has 9 heteroatoms. The van der Waals surface area contributed by atoms with Crippen molar-refractivity contribution in [3.05, 3.63) is 42.2 Å². The monoisotopic (exact) mass is 446 g/mol. The molecule has 0 saturated carbocycles. The average molecular weight is 447 g/mol. The van der Waals surface area contributed by atoms with Crippen molar-refractivity contribution < 1.29 is 12.8 Å². The number of rotatable bonds is 4. The van der Waals surface area contributed by atoms with E-state index in [1.54, 1.807) is 25.2 Å². The van der Waals surface area contributed by atoms with Crippen LogP contribution in [-0.4, -0.2) is 54.4 Å². The van der Waals surface area contributed by atoms with Crippen LogP contribution in [0, 0.1) is 0 Å². The van der Waals surface area contributed by atoms with Gasteiger partial charge in [0.25, 0.3) is 0 Å². The van der Waals surface area contributed by atoms with Crippen molar-refractivity contribution in [2.24, 2.45) is 4.99 Å². The summed E-state index contributed by atoms with van der Waals surface area (Å²) in [4.78, 5) is 11.3. The van der Waals surface area contributed by atoms with Crippen LogP contribution in [0.25, 0.3) is 21.0 Å². The molecular formula is C21H26N4O3S2. The van der Waals surface area contributed by atoms with Gasteiger partial charge in [0.15, 0.2) is 26.6 Å². The predicted octanol–water partition coefficient (Wildman–Crippen LogP) is 3.53. The van der Waals surface area contributed by atoms with Gasteiger partial charge in [-0.2, -0.15) is 0 Å². The molecule has 3 heterocycles. The van der Waals surface area contributed by atoms with E-state index in [-0.39, 0.29) is 5.75 Å². The molecule has 0 radical (unpaired) electrons. The number of hydrogen-bond acceptors (Lipinski definition) is 6. The van der Waals surface area contributed by atoms with Gasteiger partial charge in [0.05, 0.1) is 20.7 Å². The summed E-state index contributed by atoms with van der Waals surface area (Å²) in [5.41, 5.74) is 0.963. The van der Waals surface area contributed by atoms with E-state index in [0.717, 1.165) is 26.7 Å². The molecule has 0 aliphatic carbocycles. The van der Waals surface area contributed by atoms with Gasteiger partial charge in [-0.25, -0.2) is 18.4 Å². The number of thiazole rings is 1. The first-order valence-electron chi connectivity index (χ1n) is 9.99. The summed E-state index contributed by atoms with van der Waals surface area (Å²) >= 11 is 1.60. The Labute approximate surface area is 180 Å². The summed E-state index contributed by atoms with van der Waals surface area (Å²) in [6.07, 6.45) is 0.